The largest absolute Gasteiger partial charge is 0.374 e. The van der Waals surface area contributed by atoms with Crippen LogP contribution >= 0.6 is 0 Å². The summed E-state index contributed by atoms with van der Waals surface area (Å²) in [5.74, 6) is -0.955. The van der Waals surface area contributed by atoms with Gasteiger partial charge in [-0.05, 0) is 28.7 Å². The molecule has 4 aromatic rings. The molecule has 1 spiro atoms. The molecule has 0 radical (unpaired) electrons. The van der Waals surface area contributed by atoms with Crippen molar-refractivity contribution in [2.24, 2.45) is 0 Å². The van der Waals surface area contributed by atoms with Crippen LogP contribution < -0.4 is 0 Å². The van der Waals surface area contributed by atoms with Crippen molar-refractivity contribution in [3.63, 3.8) is 0 Å². The molecule has 0 bridgehead atoms. The van der Waals surface area contributed by atoms with E-state index >= 15 is 0 Å². The van der Waals surface area contributed by atoms with Crippen molar-refractivity contribution in [3.8, 4) is 0 Å². The summed E-state index contributed by atoms with van der Waals surface area (Å²) in [5.41, 5.74) is 4.34. The zero-order chi connectivity index (χ0) is 29.2. The Kier molecular flexibility index (Phi) is 10.3. The van der Waals surface area contributed by atoms with Crippen LogP contribution in [0.1, 0.15) is 35.1 Å². The van der Waals surface area contributed by atoms with Gasteiger partial charge in [0.1, 0.15) is 24.4 Å². The fourth-order valence-electron chi connectivity index (χ4n) is 5.87. The van der Waals surface area contributed by atoms with Crippen molar-refractivity contribution >= 4 is 0 Å². The summed E-state index contributed by atoms with van der Waals surface area (Å²) in [5, 5.41) is 0. The Morgan fingerprint density at radius 2 is 1.02 bits per heavy atom. The molecule has 2 aliphatic rings. The number of ether oxygens (including phenoxy) is 6. The first-order valence-electron chi connectivity index (χ1n) is 15.2. The van der Waals surface area contributed by atoms with E-state index in [1.807, 2.05) is 72.8 Å². The Hall–Kier alpha value is -3.36. The van der Waals surface area contributed by atoms with Crippen LogP contribution in [0.15, 0.2) is 121 Å². The predicted molar refractivity (Wildman–Crippen MR) is 164 cm³/mol. The molecule has 2 fully saturated rings. The van der Waals surface area contributed by atoms with Crippen molar-refractivity contribution in [1.82, 2.24) is 0 Å². The van der Waals surface area contributed by atoms with Gasteiger partial charge >= 0.3 is 0 Å². The highest BCUT2D eigenvalue weighted by Gasteiger charge is 2.59. The Morgan fingerprint density at radius 1 is 0.558 bits per heavy atom. The first-order valence-corrected chi connectivity index (χ1v) is 15.2. The molecule has 2 aliphatic heterocycles. The van der Waals surface area contributed by atoms with E-state index in [4.69, 9.17) is 28.4 Å². The fourth-order valence-corrected chi connectivity index (χ4v) is 5.87. The quantitative estimate of drug-likeness (QED) is 0.172. The maximum atomic E-state index is 6.88. The van der Waals surface area contributed by atoms with E-state index in [1.165, 1.54) is 0 Å². The van der Waals surface area contributed by atoms with Crippen LogP contribution in [0.25, 0.3) is 0 Å². The number of hydrogen-bond donors (Lipinski definition) is 0. The molecule has 0 saturated carbocycles. The highest BCUT2D eigenvalue weighted by atomic mass is 16.7. The average molecular weight is 581 g/mol. The van der Waals surface area contributed by atoms with Gasteiger partial charge in [0.15, 0.2) is 5.79 Å². The Morgan fingerprint density at radius 3 is 1.51 bits per heavy atom. The fraction of sp³-hybridized carbons (Fsp3) is 0.351. The predicted octanol–water partition coefficient (Wildman–Crippen LogP) is 6.86. The molecule has 224 valence electrons. The summed E-state index contributed by atoms with van der Waals surface area (Å²) in [6.07, 6.45) is -0.282. The maximum absolute atomic E-state index is 6.88. The molecule has 6 heteroatoms. The van der Waals surface area contributed by atoms with Crippen molar-refractivity contribution in [1.29, 1.82) is 0 Å². The molecule has 2 saturated heterocycles. The molecule has 0 aromatic heterocycles. The molecule has 2 heterocycles. The Balaban J connectivity index is 1.29. The van der Waals surface area contributed by atoms with E-state index in [1.54, 1.807) is 0 Å². The van der Waals surface area contributed by atoms with Gasteiger partial charge in [0.25, 0.3) is 0 Å². The van der Waals surface area contributed by atoms with E-state index in [2.05, 4.69) is 48.5 Å². The zero-order valence-electron chi connectivity index (χ0n) is 24.5. The number of rotatable bonds is 13. The summed E-state index contributed by atoms with van der Waals surface area (Å²) in [6, 6.07) is 40.7. The normalized spacial score (nSPS) is 25.2. The third-order valence-electron chi connectivity index (χ3n) is 8.03. The molecule has 6 rings (SSSR count). The average Bonchev–Trinajstić information content (AvgIpc) is 3.53. The highest BCUT2D eigenvalue weighted by Crippen LogP contribution is 2.43. The second-order valence-corrected chi connectivity index (χ2v) is 11.2. The lowest BCUT2D eigenvalue weighted by atomic mass is 9.90. The molecule has 43 heavy (non-hydrogen) atoms. The molecule has 0 unspecified atom stereocenters. The SMILES string of the molecule is c1ccc(COC[C@H]2O[C@@]3(CCCO3)[C@H](OCc3ccccc3)[C@@H](OCc3ccccc3)[C@@H]2OCc2ccccc2)cc1. The van der Waals surface area contributed by atoms with Crippen LogP contribution in [-0.4, -0.2) is 43.4 Å². The first kappa shape index (κ1) is 29.7. The van der Waals surface area contributed by atoms with Gasteiger partial charge < -0.3 is 28.4 Å². The van der Waals surface area contributed by atoms with Crippen LogP contribution in [0, 0.1) is 0 Å². The molecule has 4 aromatic carbocycles. The van der Waals surface area contributed by atoms with Crippen LogP contribution in [0.4, 0.5) is 0 Å². The van der Waals surface area contributed by atoms with Gasteiger partial charge in [-0.2, -0.15) is 0 Å². The van der Waals surface area contributed by atoms with Gasteiger partial charge in [0, 0.05) is 6.42 Å². The number of benzene rings is 4. The Labute approximate surface area is 254 Å². The van der Waals surface area contributed by atoms with Crippen molar-refractivity contribution in [3.05, 3.63) is 144 Å². The minimum absolute atomic E-state index is 0.329. The molecular weight excluding hydrogens is 540 g/mol. The van der Waals surface area contributed by atoms with Crippen molar-refractivity contribution in [2.75, 3.05) is 13.2 Å². The molecule has 5 atom stereocenters. The Bertz CT molecular complexity index is 1350. The van der Waals surface area contributed by atoms with E-state index in [-0.39, 0.29) is 0 Å². The van der Waals surface area contributed by atoms with E-state index in [9.17, 15) is 0 Å². The molecule has 0 aliphatic carbocycles. The van der Waals surface area contributed by atoms with E-state index in [0.717, 1.165) is 28.7 Å². The second kappa shape index (κ2) is 14.9. The van der Waals surface area contributed by atoms with Crippen LogP contribution in [0.3, 0.4) is 0 Å². The van der Waals surface area contributed by atoms with Gasteiger partial charge in [-0.15, -0.1) is 0 Å². The van der Waals surface area contributed by atoms with Crippen LogP contribution in [0.2, 0.25) is 0 Å². The first-order chi connectivity index (χ1) is 21.3. The number of hydrogen-bond acceptors (Lipinski definition) is 6. The van der Waals surface area contributed by atoms with Crippen LogP contribution in [0.5, 0.6) is 0 Å². The van der Waals surface area contributed by atoms with Gasteiger partial charge in [-0.25, -0.2) is 0 Å². The summed E-state index contributed by atoms with van der Waals surface area (Å²) in [4.78, 5) is 0. The van der Waals surface area contributed by atoms with Gasteiger partial charge in [-0.1, -0.05) is 121 Å². The van der Waals surface area contributed by atoms with Gasteiger partial charge in [0.05, 0.1) is 39.6 Å². The van der Waals surface area contributed by atoms with Crippen molar-refractivity contribution in [2.45, 2.75) is 69.5 Å². The standard InChI is InChI=1S/C37H40O6/c1-5-14-29(15-6-1)24-38-28-33-34(39-25-30-16-7-2-8-17-30)35(40-26-31-18-9-3-10-19-31)36(37(43-33)22-13-23-42-37)41-27-32-20-11-4-12-21-32/h1-12,14-21,33-36H,13,22-28H2/t33-,34-,35+,36-,37+/m1/s1. The third-order valence-corrected chi connectivity index (χ3v) is 8.03. The van der Waals surface area contributed by atoms with Gasteiger partial charge in [-0.3, -0.25) is 0 Å². The monoisotopic (exact) mass is 580 g/mol. The highest BCUT2D eigenvalue weighted by molar-refractivity contribution is 5.17. The topological polar surface area (TPSA) is 55.4 Å². The summed E-state index contributed by atoms with van der Waals surface area (Å²) in [6.45, 7) is 2.64. The smallest absolute Gasteiger partial charge is 0.197 e. The molecular formula is C37H40O6. The van der Waals surface area contributed by atoms with E-state index < -0.39 is 30.2 Å². The van der Waals surface area contributed by atoms with Gasteiger partial charge in [0.2, 0.25) is 0 Å². The molecule has 6 nitrogen and oxygen atoms in total. The lowest BCUT2D eigenvalue weighted by Crippen LogP contribution is -2.67. The summed E-state index contributed by atoms with van der Waals surface area (Å²) in [7, 11) is 0. The third kappa shape index (κ3) is 7.78. The van der Waals surface area contributed by atoms with E-state index in [0.29, 0.717) is 46.1 Å². The molecule has 0 N–H and O–H groups in total. The molecule has 0 amide bonds. The van der Waals surface area contributed by atoms with Crippen LogP contribution in [-0.2, 0) is 54.8 Å². The second-order valence-electron chi connectivity index (χ2n) is 11.2. The summed E-state index contributed by atoms with van der Waals surface area (Å²) < 4.78 is 39.8. The lowest BCUT2D eigenvalue weighted by molar-refractivity contribution is -0.371. The lowest BCUT2D eigenvalue weighted by Gasteiger charge is -2.50. The minimum atomic E-state index is -0.955. The van der Waals surface area contributed by atoms with Crippen molar-refractivity contribution < 1.29 is 28.4 Å². The maximum Gasteiger partial charge on any atom is 0.197 e. The summed E-state index contributed by atoms with van der Waals surface area (Å²) >= 11 is 0. The minimum Gasteiger partial charge on any atom is -0.374 e. The zero-order valence-corrected chi connectivity index (χ0v) is 24.5.